The molecule has 3 aliphatic rings. The fraction of sp³-hybridized carbons (Fsp3) is 0.647. The molecular formula is C17H22N6O. The third-order valence-electron chi connectivity index (χ3n) is 5.13. The Hall–Kier alpha value is -2.02. The first kappa shape index (κ1) is 14.3. The second kappa shape index (κ2) is 5.81. The highest BCUT2D eigenvalue weighted by atomic mass is 16.4. The first-order valence-electron chi connectivity index (χ1n) is 8.98. The van der Waals surface area contributed by atoms with Gasteiger partial charge >= 0.3 is 0 Å². The minimum Gasteiger partial charge on any atom is -0.424 e. The highest BCUT2D eigenvalue weighted by Gasteiger charge is 2.30. The topological polar surface area (TPSA) is 71.2 Å². The van der Waals surface area contributed by atoms with Crippen molar-refractivity contribution in [2.24, 2.45) is 0 Å². The maximum atomic E-state index is 5.76. The number of rotatable bonds is 5. The molecule has 0 atom stereocenters. The maximum absolute atomic E-state index is 5.76. The first-order chi connectivity index (χ1) is 11.8. The molecule has 2 saturated carbocycles. The predicted octanol–water partition coefficient (Wildman–Crippen LogP) is 1.94. The van der Waals surface area contributed by atoms with Gasteiger partial charge in [-0.15, -0.1) is 15.3 Å². The van der Waals surface area contributed by atoms with E-state index in [4.69, 9.17) is 4.42 Å². The molecule has 24 heavy (non-hydrogen) atoms. The molecular weight excluding hydrogens is 304 g/mol. The van der Waals surface area contributed by atoms with Gasteiger partial charge in [-0.2, -0.15) is 5.10 Å². The molecule has 0 bridgehead atoms. The van der Waals surface area contributed by atoms with E-state index >= 15 is 0 Å². The van der Waals surface area contributed by atoms with Crippen LogP contribution in [0, 0.1) is 0 Å². The van der Waals surface area contributed by atoms with Crippen LogP contribution in [0.5, 0.6) is 0 Å². The third-order valence-corrected chi connectivity index (χ3v) is 5.13. The number of hydrogen-bond donors (Lipinski definition) is 0. The van der Waals surface area contributed by atoms with Crippen LogP contribution >= 0.6 is 0 Å². The smallest absolute Gasteiger partial charge is 0.230 e. The number of nitrogens with zero attached hydrogens (tertiary/aromatic N) is 6. The van der Waals surface area contributed by atoms with Gasteiger partial charge in [0.15, 0.2) is 5.82 Å². The Labute approximate surface area is 141 Å². The monoisotopic (exact) mass is 326 g/mol. The van der Waals surface area contributed by atoms with Gasteiger partial charge in [0.1, 0.15) is 0 Å². The lowest BCUT2D eigenvalue weighted by atomic mass is 10.2. The van der Waals surface area contributed by atoms with Crippen LogP contribution in [0.3, 0.4) is 0 Å². The Morgan fingerprint density at radius 1 is 0.875 bits per heavy atom. The molecule has 0 amide bonds. The van der Waals surface area contributed by atoms with Crippen molar-refractivity contribution in [1.82, 2.24) is 25.3 Å². The first-order valence-corrected chi connectivity index (χ1v) is 8.98. The highest BCUT2D eigenvalue weighted by Crippen LogP contribution is 2.39. The Balaban J connectivity index is 1.16. The van der Waals surface area contributed by atoms with E-state index in [2.05, 4.69) is 42.3 Å². The normalized spacial score (nSPS) is 22.1. The van der Waals surface area contributed by atoms with Gasteiger partial charge in [0.05, 0.1) is 12.2 Å². The number of anilines is 1. The third kappa shape index (κ3) is 3.00. The second-order valence-electron chi connectivity index (χ2n) is 7.16. The van der Waals surface area contributed by atoms with Gasteiger partial charge in [0.25, 0.3) is 0 Å². The Morgan fingerprint density at radius 2 is 1.67 bits per heavy atom. The molecule has 3 heterocycles. The number of hydrogen-bond acceptors (Lipinski definition) is 7. The van der Waals surface area contributed by atoms with Gasteiger partial charge in [-0.25, -0.2) is 0 Å². The Morgan fingerprint density at radius 3 is 2.33 bits per heavy atom. The summed E-state index contributed by atoms with van der Waals surface area (Å²) in [5.41, 5.74) is 1.15. The van der Waals surface area contributed by atoms with E-state index in [0.29, 0.717) is 11.8 Å². The second-order valence-corrected chi connectivity index (χ2v) is 7.16. The fourth-order valence-electron chi connectivity index (χ4n) is 3.25. The molecule has 0 aromatic carbocycles. The SMILES string of the molecule is c1cc(N2CCN(Cc3nnc(C4CC4)o3)CC2)nnc1C1CC1. The van der Waals surface area contributed by atoms with Crippen LogP contribution in [0.2, 0.25) is 0 Å². The molecule has 1 aliphatic heterocycles. The average molecular weight is 326 g/mol. The van der Waals surface area contributed by atoms with Crippen molar-refractivity contribution in [3.05, 3.63) is 29.6 Å². The van der Waals surface area contributed by atoms with Crippen LogP contribution in [-0.2, 0) is 6.54 Å². The van der Waals surface area contributed by atoms with E-state index in [1.165, 1.54) is 25.7 Å². The van der Waals surface area contributed by atoms with E-state index in [0.717, 1.165) is 56.0 Å². The molecule has 126 valence electrons. The predicted molar refractivity (Wildman–Crippen MR) is 87.8 cm³/mol. The highest BCUT2D eigenvalue weighted by molar-refractivity contribution is 5.38. The molecule has 5 rings (SSSR count). The molecule has 2 aromatic heterocycles. The Bertz CT molecular complexity index is 698. The van der Waals surface area contributed by atoms with Crippen molar-refractivity contribution in [1.29, 1.82) is 0 Å². The van der Waals surface area contributed by atoms with Crippen LogP contribution in [0.25, 0.3) is 0 Å². The number of piperazine rings is 1. The van der Waals surface area contributed by atoms with Crippen LogP contribution < -0.4 is 4.90 Å². The van der Waals surface area contributed by atoms with E-state index in [-0.39, 0.29) is 0 Å². The summed E-state index contributed by atoms with van der Waals surface area (Å²) < 4.78 is 5.76. The summed E-state index contributed by atoms with van der Waals surface area (Å²) in [4.78, 5) is 4.68. The van der Waals surface area contributed by atoms with Crippen molar-refractivity contribution < 1.29 is 4.42 Å². The summed E-state index contributed by atoms with van der Waals surface area (Å²) in [6.45, 7) is 4.63. The van der Waals surface area contributed by atoms with Gasteiger partial charge in [0.2, 0.25) is 11.8 Å². The lowest BCUT2D eigenvalue weighted by Crippen LogP contribution is -2.46. The molecule has 2 aromatic rings. The lowest BCUT2D eigenvalue weighted by Gasteiger charge is -2.34. The van der Waals surface area contributed by atoms with Crippen molar-refractivity contribution >= 4 is 5.82 Å². The summed E-state index contributed by atoms with van der Waals surface area (Å²) >= 11 is 0. The molecule has 0 N–H and O–H groups in total. The zero-order chi connectivity index (χ0) is 15.9. The van der Waals surface area contributed by atoms with Crippen molar-refractivity contribution in [3.63, 3.8) is 0 Å². The average Bonchev–Trinajstić information content (AvgIpc) is 3.55. The van der Waals surface area contributed by atoms with Gasteiger partial charge in [-0.1, -0.05) is 0 Å². The van der Waals surface area contributed by atoms with Crippen LogP contribution in [0.4, 0.5) is 5.82 Å². The standard InChI is InChI=1S/C17H22N6O/c1-2-12(1)14-5-6-15(19-18-14)23-9-7-22(8-10-23)11-16-20-21-17(24-16)13-3-4-13/h5-6,12-13H,1-4,7-11H2. The molecule has 3 fully saturated rings. The van der Waals surface area contributed by atoms with Crippen LogP contribution in [0.15, 0.2) is 16.5 Å². The van der Waals surface area contributed by atoms with Crippen LogP contribution in [-0.4, -0.2) is 51.5 Å². The molecule has 0 spiro atoms. The summed E-state index contributed by atoms with van der Waals surface area (Å²) in [6, 6.07) is 4.26. The zero-order valence-corrected chi connectivity index (χ0v) is 13.8. The minimum absolute atomic E-state index is 0.528. The van der Waals surface area contributed by atoms with Crippen molar-refractivity contribution in [2.45, 2.75) is 44.1 Å². The van der Waals surface area contributed by atoms with E-state index in [1.54, 1.807) is 0 Å². The maximum Gasteiger partial charge on any atom is 0.230 e. The quantitative estimate of drug-likeness (QED) is 0.831. The van der Waals surface area contributed by atoms with E-state index < -0.39 is 0 Å². The largest absolute Gasteiger partial charge is 0.424 e. The molecule has 7 nitrogen and oxygen atoms in total. The molecule has 7 heteroatoms. The van der Waals surface area contributed by atoms with Gasteiger partial charge < -0.3 is 9.32 Å². The Kier molecular flexibility index (Phi) is 3.47. The lowest BCUT2D eigenvalue weighted by molar-refractivity contribution is 0.223. The van der Waals surface area contributed by atoms with Crippen molar-refractivity contribution in [2.75, 3.05) is 31.1 Å². The van der Waals surface area contributed by atoms with Crippen molar-refractivity contribution in [3.8, 4) is 0 Å². The van der Waals surface area contributed by atoms with Crippen LogP contribution in [0.1, 0.15) is 55.0 Å². The molecule has 1 saturated heterocycles. The summed E-state index contributed by atoms with van der Waals surface area (Å²) in [7, 11) is 0. The van der Waals surface area contributed by atoms with E-state index in [9.17, 15) is 0 Å². The summed E-state index contributed by atoms with van der Waals surface area (Å²) in [5.74, 6) is 3.76. The van der Waals surface area contributed by atoms with Gasteiger partial charge in [0, 0.05) is 38.0 Å². The van der Waals surface area contributed by atoms with Gasteiger partial charge in [-0.3, -0.25) is 4.90 Å². The zero-order valence-electron chi connectivity index (χ0n) is 13.8. The molecule has 0 radical (unpaired) electrons. The summed E-state index contributed by atoms with van der Waals surface area (Å²) in [6.07, 6.45) is 4.93. The number of aromatic nitrogens is 4. The fourth-order valence-corrected chi connectivity index (χ4v) is 3.25. The van der Waals surface area contributed by atoms with Gasteiger partial charge in [-0.05, 0) is 37.8 Å². The molecule has 2 aliphatic carbocycles. The molecule has 0 unspecified atom stereocenters. The van der Waals surface area contributed by atoms with E-state index in [1.807, 2.05) is 0 Å². The summed E-state index contributed by atoms with van der Waals surface area (Å²) in [5, 5.41) is 17.2. The minimum atomic E-state index is 0.528.